The number of cyclic esters (lactones) is 1. The molecule has 2 aliphatic heterocycles. The molecule has 2 N–H and O–H groups in total. The van der Waals surface area contributed by atoms with Gasteiger partial charge in [0.05, 0.1) is 29.0 Å². The molecule has 4 heterocycles. The van der Waals surface area contributed by atoms with Gasteiger partial charge in [-0.05, 0) is 63.1 Å². The number of phenolic OH excluding ortho intramolecular Hbond substituents is 1. The Hall–Kier alpha value is -4.45. The van der Waals surface area contributed by atoms with Crippen LogP contribution in [0.4, 0.5) is 4.79 Å². The Balaban J connectivity index is 1.52. The van der Waals surface area contributed by atoms with Gasteiger partial charge in [-0.1, -0.05) is 25.7 Å². The normalized spacial score (nSPS) is 17.2. The average Bonchev–Trinajstić information content (AvgIpc) is 3.33. The van der Waals surface area contributed by atoms with Gasteiger partial charge in [-0.25, -0.2) is 14.6 Å². The van der Waals surface area contributed by atoms with E-state index in [-0.39, 0.29) is 55.8 Å². The monoisotopic (exact) mass is 633 g/mol. The number of phenols is 1. The van der Waals surface area contributed by atoms with Gasteiger partial charge in [-0.15, -0.1) is 6.58 Å². The van der Waals surface area contributed by atoms with E-state index >= 15 is 0 Å². The number of fused-ring (bicyclic) bond motifs is 5. The lowest BCUT2D eigenvalue weighted by atomic mass is 9.85. The summed E-state index contributed by atoms with van der Waals surface area (Å²) in [6.07, 6.45) is -0.389. The minimum absolute atomic E-state index is 0.0442. The molecule has 0 unspecified atom stereocenters. The fraction of sp³-hybridized carbons (Fsp3) is 0.424. The Morgan fingerprint density at radius 2 is 1.96 bits per heavy atom. The highest BCUT2D eigenvalue weighted by Crippen LogP contribution is 2.41. The van der Waals surface area contributed by atoms with E-state index in [1.807, 2.05) is 5.70 Å². The molecule has 0 saturated carbocycles. The number of amides is 1. The largest absolute Gasteiger partial charge is 0.508 e. The second-order valence-corrected chi connectivity index (χ2v) is 17.4. The van der Waals surface area contributed by atoms with Crippen molar-refractivity contribution in [3.8, 4) is 17.1 Å². The first-order valence-corrected chi connectivity index (χ1v) is 18.1. The third-order valence-electron chi connectivity index (χ3n) is 8.31. The van der Waals surface area contributed by atoms with Gasteiger partial charge in [0, 0.05) is 29.5 Å². The molecule has 0 bridgehead atoms. The van der Waals surface area contributed by atoms with E-state index in [9.17, 15) is 24.3 Å². The maximum atomic E-state index is 14.0. The number of pyridine rings is 2. The summed E-state index contributed by atoms with van der Waals surface area (Å²) in [5.41, 5.74) is 2.33. The van der Waals surface area contributed by atoms with Crippen LogP contribution in [0.1, 0.15) is 63.6 Å². The van der Waals surface area contributed by atoms with Crippen LogP contribution >= 0.6 is 0 Å². The SMILES string of the molecule is C=C[Si](C)(C)c1c2c(nc3ccc(O)cc13)-c1cc3c(c(=O)n1C2)COC(=O)[C@@]3(CC)OC(=O)CCCNC(=O)OC(C)(C)C. The lowest BCUT2D eigenvalue weighted by Crippen LogP contribution is -2.47. The van der Waals surface area contributed by atoms with Crippen LogP contribution in [0.3, 0.4) is 0 Å². The highest BCUT2D eigenvalue weighted by molar-refractivity contribution is 6.95. The number of alkyl carbamates (subject to hydrolysis) is 1. The maximum absolute atomic E-state index is 14.0. The van der Waals surface area contributed by atoms with Crippen LogP contribution in [0.15, 0.2) is 41.3 Å². The summed E-state index contributed by atoms with van der Waals surface area (Å²) in [4.78, 5) is 57.3. The van der Waals surface area contributed by atoms with Crippen molar-refractivity contribution < 1.29 is 33.7 Å². The quantitative estimate of drug-likeness (QED) is 0.126. The number of hydrogen-bond acceptors (Lipinski definition) is 9. The van der Waals surface area contributed by atoms with Crippen molar-refractivity contribution in [2.45, 2.75) is 84.4 Å². The molecule has 2 aromatic heterocycles. The first-order chi connectivity index (χ1) is 21.1. The lowest BCUT2D eigenvalue weighted by Gasteiger charge is -2.35. The molecule has 2 aliphatic rings. The van der Waals surface area contributed by atoms with Crippen LogP contribution in [0, 0.1) is 0 Å². The molecule has 3 aromatic rings. The average molecular weight is 634 g/mol. The van der Waals surface area contributed by atoms with Crippen LogP contribution in [0.25, 0.3) is 22.3 Å². The summed E-state index contributed by atoms with van der Waals surface area (Å²) in [7, 11) is -2.27. The van der Waals surface area contributed by atoms with Gasteiger partial charge in [0.1, 0.15) is 26.0 Å². The van der Waals surface area contributed by atoms with E-state index in [4.69, 9.17) is 19.2 Å². The number of carbonyl (C=O) groups excluding carboxylic acids is 3. The molecule has 12 heteroatoms. The molecule has 1 aromatic carbocycles. The topological polar surface area (TPSA) is 146 Å². The van der Waals surface area contributed by atoms with Gasteiger partial charge < -0.3 is 29.2 Å². The van der Waals surface area contributed by atoms with Crippen LogP contribution in [0.5, 0.6) is 5.75 Å². The molecule has 45 heavy (non-hydrogen) atoms. The van der Waals surface area contributed by atoms with Crippen molar-refractivity contribution in [1.29, 1.82) is 0 Å². The van der Waals surface area contributed by atoms with Crippen LogP contribution in [-0.4, -0.2) is 52.9 Å². The van der Waals surface area contributed by atoms with Gasteiger partial charge in [0.2, 0.25) is 5.60 Å². The highest BCUT2D eigenvalue weighted by atomic mass is 28.3. The minimum atomic E-state index is -2.27. The first-order valence-electron chi connectivity index (χ1n) is 15.0. The summed E-state index contributed by atoms with van der Waals surface area (Å²) in [5.74, 6) is -1.30. The number of carbonyl (C=O) groups is 3. The highest BCUT2D eigenvalue weighted by Gasteiger charge is 2.50. The second kappa shape index (κ2) is 11.5. The van der Waals surface area contributed by atoms with Crippen molar-refractivity contribution in [2.24, 2.45) is 0 Å². The number of nitrogens with one attached hydrogen (secondary N) is 1. The zero-order valence-electron chi connectivity index (χ0n) is 26.5. The molecule has 0 aliphatic carbocycles. The molecule has 0 saturated heterocycles. The maximum Gasteiger partial charge on any atom is 0.407 e. The van der Waals surface area contributed by atoms with Crippen molar-refractivity contribution >= 4 is 42.2 Å². The predicted octanol–water partition coefficient (Wildman–Crippen LogP) is 4.28. The third-order valence-corrected chi connectivity index (χ3v) is 11.2. The molecule has 11 nitrogen and oxygen atoms in total. The van der Waals surface area contributed by atoms with E-state index in [0.717, 1.165) is 16.1 Å². The van der Waals surface area contributed by atoms with Crippen LogP contribution in [0.2, 0.25) is 13.1 Å². The van der Waals surface area contributed by atoms with E-state index in [2.05, 4.69) is 25.0 Å². The number of esters is 2. The van der Waals surface area contributed by atoms with Gasteiger partial charge >= 0.3 is 18.0 Å². The zero-order valence-corrected chi connectivity index (χ0v) is 27.5. The van der Waals surface area contributed by atoms with E-state index in [1.165, 1.54) is 0 Å². The number of benzene rings is 1. The van der Waals surface area contributed by atoms with Gasteiger partial charge in [0.15, 0.2) is 0 Å². The Labute approximate surface area is 262 Å². The van der Waals surface area contributed by atoms with Gasteiger partial charge in [-0.2, -0.15) is 0 Å². The Bertz CT molecular complexity index is 1810. The number of aromatic nitrogens is 2. The van der Waals surface area contributed by atoms with Crippen molar-refractivity contribution in [1.82, 2.24) is 14.9 Å². The number of rotatable bonds is 8. The molecule has 1 atom stereocenters. The summed E-state index contributed by atoms with van der Waals surface area (Å²) in [5, 5.41) is 14.7. The van der Waals surface area contributed by atoms with Gasteiger partial charge in [-0.3, -0.25) is 9.59 Å². The Morgan fingerprint density at radius 1 is 1.22 bits per heavy atom. The number of aromatic hydroxyl groups is 1. The van der Waals surface area contributed by atoms with Gasteiger partial charge in [0.25, 0.3) is 5.56 Å². The third kappa shape index (κ3) is 5.74. The molecule has 1 amide bonds. The number of hydrogen-bond donors (Lipinski definition) is 2. The Kier molecular flexibility index (Phi) is 8.15. The van der Waals surface area contributed by atoms with E-state index in [0.29, 0.717) is 22.5 Å². The predicted molar refractivity (Wildman–Crippen MR) is 171 cm³/mol. The summed E-state index contributed by atoms with van der Waals surface area (Å²) < 4.78 is 18.2. The van der Waals surface area contributed by atoms with Crippen molar-refractivity contribution in [3.63, 3.8) is 0 Å². The fourth-order valence-electron chi connectivity index (χ4n) is 6.05. The fourth-order valence-corrected chi connectivity index (χ4v) is 8.12. The second-order valence-electron chi connectivity index (χ2n) is 13.0. The van der Waals surface area contributed by atoms with Crippen molar-refractivity contribution in [2.75, 3.05) is 6.54 Å². The summed E-state index contributed by atoms with van der Waals surface area (Å²) in [6, 6.07) is 6.75. The molecule has 0 fully saturated rings. The summed E-state index contributed by atoms with van der Waals surface area (Å²) >= 11 is 0. The van der Waals surface area contributed by atoms with Crippen LogP contribution in [-0.2, 0) is 42.6 Å². The molecular weight excluding hydrogens is 594 g/mol. The zero-order chi connectivity index (χ0) is 32.9. The standard InChI is InChI=1S/C33H39N3O8Si/c1-8-33(43-26(38)11-10-14-34-31(41)44-32(3,4)5)23-16-25-27-21(17-36(25)29(39)22(23)18-42-30(33)40)28(45(6,7)9-2)20-15-19(37)12-13-24(20)35-27/h9,12-13,15-16,37H,2,8,10-11,14,17-18H2,1,3-7H3,(H,34,41)/t33-/m0/s1. The van der Waals surface area contributed by atoms with E-state index < -0.39 is 37.3 Å². The van der Waals surface area contributed by atoms with Crippen LogP contribution < -0.4 is 16.1 Å². The number of nitrogens with zero attached hydrogens (tertiary/aromatic N) is 2. The smallest absolute Gasteiger partial charge is 0.407 e. The first kappa shape index (κ1) is 32.0. The van der Waals surface area contributed by atoms with Crippen molar-refractivity contribution in [3.05, 3.63) is 63.6 Å². The lowest BCUT2D eigenvalue weighted by molar-refractivity contribution is -0.189. The molecule has 5 rings (SSSR count). The minimum Gasteiger partial charge on any atom is -0.508 e. The Morgan fingerprint density at radius 3 is 2.62 bits per heavy atom. The summed E-state index contributed by atoms with van der Waals surface area (Å²) in [6.45, 7) is 15.5. The van der Waals surface area contributed by atoms with E-state index in [1.54, 1.807) is 56.5 Å². The number of ether oxygens (including phenoxy) is 3. The molecule has 0 radical (unpaired) electrons. The molecule has 0 spiro atoms. The molecular formula is C33H39N3O8Si. The molecule has 238 valence electrons.